The second-order valence-electron chi connectivity index (χ2n) is 6.15. The topological polar surface area (TPSA) is 98.5 Å². The first-order valence-electron chi connectivity index (χ1n) is 8.33. The summed E-state index contributed by atoms with van der Waals surface area (Å²) in [6, 6.07) is 1.24. The number of aryl methyl sites for hydroxylation is 1. The van der Waals surface area contributed by atoms with E-state index >= 15 is 0 Å². The Morgan fingerprint density at radius 1 is 1.18 bits per heavy atom. The molecule has 1 aliphatic rings. The second-order valence-corrected chi connectivity index (χ2v) is 7.66. The largest absolute Gasteiger partial charge is 0.452 e. The Balaban J connectivity index is 1.68. The molecule has 2 aromatic rings. The molecule has 0 radical (unpaired) electrons. The van der Waals surface area contributed by atoms with Gasteiger partial charge < -0.3 is 15.8 Å². The van der Waals surface area contributed by atoms with Crippen molar-refractivity contribution in [2.75, 3.05) is 11.9 Å². The average molecular weight is 429 g/mol. The van der Waals surface area contributed by atoms with Gasteiger partial charge in [0.2, 0.25) is 0 Å². The van der Waals surface area contributed by atoms with Crippen LogP contribution in [-0.2, 0) is 22.4 Å². The number of anilines is 1. The van der Waals surface area contributed by atoms with Crippen LogP contribution in [0.3, 0.4) is 0 Å². The third-order valence-electron chi connectivity index (χ3n) is 4.23. The Bertz CT molecular complexity index is 977. The lowest BCUT2D eigenvalue weighted by atomic mass is 9.95. The lowest BCUT2D eigenvalue weighted by molar-refractivity contribution is -0.119. The van der Waals surface area contributed by atoms with E-state index in [0.29, 0.717) is 23.6 Å². The van der Waals surface area contributed by atoms with Gasteiger partial charge in [0.15, 0.2) is 18.2 Å². The summed E-state index contributed by atoms with van der Waals surface area (Å²) in [4.78, 5) is 36.9. The van der Waals surface area contributed by atoms with Crippen molar-refractivity contribution in [3.05, 3.63) is 50.4 Å². The number of esters is 1. The molecule has 0 saturated carbocycles. The van der Waals surface area contributed by atoms with Gasteiger partial charge in [-0.2, -0.15) is 0 Å². The first kappa shape index (κ1) is 20.2. The van der Waals surface area contributed by atoms with E-state index in [9.17, 15) is 23.2 Å². The van der Waals surface area contributed by atoms with Gasteiger partial charge in [-0.15, -0.1) is 11.3 Å². The molecule has 0 spiro atoms. The highest BCUT2D eigenvalue weighted by Crippen LogP contribution is 2.37. The number of nitrogens with one attached hydrogen (secondary N) is 1. The third kappa shape index (κ3) is 4.15. The standard InChI is InChI=1S/C18H15ClF2N2O4S/c19-10-6-12(21)11(20)5-9(10)18(26)27-7-14(24)23-17-15(16(22)25)8-3-1-2-4-13(8)28-17/h5-6H,1-4,7H2,(H2,22,25)(H,23,24). The number of fused-ring (bicyclic) bond motifs is 1. The molecule has 1 aromatic heterocycles. The Morgan fingerprint density at radius 3 is 2.57 bits per heavy atom. The molecule has 1 aromatic carbocycles. The Labute approximate surface area is 167 Å². The number of rotatable bonds is 5. The fraction of sp³-hybridized carbons (Fsp3) is 0.278. The molecule has 0 saturated heterocycles. The van der Waals surface area contributed by atoms with Crippen LogP contribution < -0.4 is 11.1 Å². The molecule has 0 atom stereocenters. The predicted octanol–water partition coefficient (Wildman–Crippen LogP) is 3.45. The molecule has 3 rings (SSSR count). The summed E-state index contributed by atoms with van der Waals surface area (Å²) < 4.78 is 31.1. The number of thiophene rings is 1. The van der Waals surface area contributed by atoms with Crippen LogP contribution >= 0.6 is 22.9 Å². The number of carbonyl (C=O) groups is 3. The van der Waals surface area contributed by atoms with E-state index in [4.69, 9.17) is 22.1 Å². The van der Waals surface area contributed by atoms with Crippen LogP contribution in [0.25, 0.3) is 0 Å². The van der Waals surface area contributed by atoms with Gasteiger partial charge in [0.05, 0.1) is 16.1 Å². The van der Waals surface area contributed by atoms with Crippen molar-refractivity contribution in [3.8, 4) is 0 Å². The fourth-order valence-electron chi connectivity index (χ4n) is 2.97. The Kier molecular flexibility index (Phi) is 5.95. The molecule has 10 heteroatoms. The number of ether oxygens (including phenoxy) is 1. The van der Waals surface area contributed by atoms with E-state index in [1.165, 1.54) is 11.3 Å². The highest BCUT2D eigenvalue weighted by Gasteiger charge is 2.25. The van der Waals surface area contributed by atoms with E-state index in [2.05, 4.69) is 5.32 Å². The summed E-state index contributed by atoms with van der Waals surface area (Å²) in [6.45, 7) is -0.699. The van der Waals surface area contributed by atoms with Crippen molar-refractivity contribution in [2.24, 2.45) is 5.73 Å². The van der Waals surface area contributed by atoms with Crippen molar-refractivity contribution in [1.29, 1.82) is 0 Å². The minimum atomic E-state index is -1.27. The number of carbonyl (C=O) groups excluding carboxylic acids is 3. The van der Waals surface area contributed by atoms with Gasteiger partial charge in [0, 0.05) is 4.88 Å². The second kappa shape index (κ2) is 8.24. The van der Waals surface area contributed by atoms with Crippen molar-refractivity contribution in [2.45, 2.75) is 25.7 Å². The van der Waals surface area contributed by atoms with Gasteiger partial charge in [-0.25, -0.2) is 13.6 Å². The van der Waals surface area contributed by atoms with E-state index in [1.807, 2.05) is 0 Å². The molecule has 6 nitrogen and oxygen atoms in total. The van der Waals surface area contributed by atoms with Crippen LogP contribution in [0.1, 0.15) is 44.0 Å². The molecule has 3 N–H and O–H groups in total. The quantitative estimate of drug-likeness (QED) is 0.562. The van der Waals surface area contributed by atoms with Crippen LogP contribution in [0.15, 0.2) is 12.1 Å². The molecule has 1 heterocycles. The SMILES string of the molecule is NC(=O)c1c(NC(=O)COC(=O)c2cc(F)c(F)cc2Cl)sc2c1CCCC2. The number of halogens is 3. The highest BCUT2D eigenvalue weighted by molar-refractivity contribution is 7.17. The first-order valence-corrected chi connectivity index (χ1v) is 9.53. The summed E-state index contributed by atoms with van der Waals surface area (Å²) in [5.74, 6) is -4.90. The van der Waals surface area contributed by atoms with Gasteiger partial charge >= 0.3 is 5.97 Å². The number of benzene rings is 1. The molecule has 0 aliphatic heterocycles. The van der Waals surface area contributed by atoms with Gasteiger partial charge in [-0.05, 0) is 43.4 Å². The minimum absolute atomic E-state index is 0.281. The van der Waals surface area contributed by atoms with Gasteiger partial charge in [-0.3, -0.25) is 9.59 Å². The molecule has 148 valence electrons. The zero-order chi connectivity index (χ0) is 20.4. The van der Waals surface area contributed by atoms with Gasteiger partial charge in [-0.1, -0.05) is 11.6 Å². The van der Waals surface area contributed by atoms with E-state index in [1.54, 1.807) is 0 Å². The van der Waals surface area contributed by atoms with Crippen molar-refractivity contribution in [1.82, 2.24) is 0 Å². The zero-order valence-electron chi connectivity index (χ0n) is 14.4. The van der Waals surface area contributed by atoms with Gasteiger partial charge in [0.25, 0.3) is 11.8 Å². The van der Waals surface area contributed by atoms with E-state index in [-0.39, 0.29) is 10.6 Å². The summed E-state index contributed by atoms with van der Waals surface area (Å²) in [7, 11) is 0. The maximum atomic E-state index is 13.3. The van der Waals surface area contributed by atoms with Crippen molar-refractivity contribution >= 4 is 45.7 Å². The maximum absolute atomic E-state index is 13.3. The summed E-state index contributed by atoms with van der Waals surface area (Å²) in [5.41, 5.74) is 6.18. The lowest BCUT2D eigenvalue weighted by Crippen LogP contribution is -2.23. The predicted molar refractivity (Wildman–Crippen MR) is 99.8 cm³/mol. The van der Waals surface area contributed by atoms with Crippen LogP contribution in [0.4, 0.5) is 13.8 Å². The molecular formula is C18H15ClF2N2O4S. The molecule has 28 heavy (non-hydrogen) atoms. The van der Waals surface area contributed by atoms with E-state index in [0.717, 1.165) is 29.7 Å². The highest BCUT2D eigenvalue weighted by atomic mass is 35.5. The molecule has 0 bridgehead atoms. The fourth-order valence-corrected chi connectivity index (χ4v) is 4.50. The van der Waals surface area contributed by atoms with Crippen LogP contribution in [0.5, 0.6) is 0 Å². The van der Waals surface area contributed by atoms with E-state index < -0.39 is 41.6 Å². The van der Waals surface area contributed by atoms with Gasteiger partial charge in [0.1, 0.15) is 5.00 Å². The Hall–Kier alpha value is -2.52. The van der Waals surface area contributed by atoms with Crippen LogP contribution in [0.2, 0.25) is 5.02 Å². The van der Waals surface area contributed by atoms with Crippen molar-refractivity contribution < 1.29 is 27.9 Å². The zero-order valence-corrected chi connectivity index (χ0v) is 16.0. The maximum Gasteiger partial charge on any atom is 0.340 e. The number of nitrogens with two attached hydrogens (primary N) is 1. The third-order valence-corrected chi connectivity index (χ3v) is 5.75. The summed E-state index contributed by atoms with van der Waals surface area (Å²) >= 11 is 6.97. The minimum Gasteiger partial charge on any atom is -0.452 e. The molecule has 0 fully saturated rings. The number of hydrogen-bond donors (Lipinski definition) is 2. The molecule has 1 aliphatic carbocycles. The van der Waals surface area contributed by atoms with Crippen molar-refractivity contribution in [3.63, 3.8) is 0 Å². The first-order chi connectivity index (χ1) is 13.3. The summed E-state index contributed by atoms with van der Waals surface area (Å²) in [5, 5.41) is 2.50. The number of hydrogen-bond acceptors (Lipinski definition) is 5. The van der Waals surface area contributed by atoms with Crippen LogP contribution in [-0.4, -0.2) is 24.4 Å². The molecular weight excluding hydrogens is 414 g/mol. The number of primary amides is 1. The average Bonchev–Trinajstić information content (AvgIpc) is 3.00. The molecule has 2 amide bonds. The lowest BCUT2D eigenvalue weighted by Gasteiger charge is -2.11. The molecule has 0 unspecified atom stereocenters. The Morgan fingerprint density at radius 2 is 1.86 bits per heavy atom. The normalized spacial score (nSPS) is 13.0. The smallest absolute Gasteiger partial charge is 0.340 e. The monoisotopic (exact) mass is 428 g/mol. The van der Waals surface area contributed by atoms with Crippen LogP contribution in [0, 0.1) is 11.6 Å². The number of amides is 2. The summed E-state index contributed by atoms with van der Waals surface area (Å²) in [6.07, 6.45) is 3.44.